The van der Waals surface area contributed by atoms with Gasteiger partial charge < -0.3 is 16.0 Å². The van der Waals surface area contributed by atoms with Crippen molar-refractivity contribution >= 4 is 11.6 Å². The van der Waals surface area contributed by atoms with Gasteiger partial charge in [0.05, 0.1) is 11.7 Å². The fourth-order valence-electron chi connectivity index (χ4n) is 2.67. The molecule has 0 spiro atoms. The van der Waals surface area contributed by atoms with Crippen LogP contribution < -0.4 is 16.6 Å². The van der Waals surface area contributed by atoms with Gasteiger partial charge in [0.1, 0.15) is 5.82 Å². The molecule has 0 aliphatic heterocycles. The molecule has 132 valence electrons. The van der Waals surface area contributed by atoms with Gasteiger partial charge in [0.25, 0.3) is 11.5 Å². The zero-order valence-electron chi connectivity index (χ0n) is 14.6. The highest BCUT2D eigenvalue weighted by atomic mass is 16.1. The fourth-order valence-corrected chi connectivity index (χ4v) is 2.67. The maximum atomic E-state index is 12.4. The minimum atomic E-state index is -0.375. The molecule has 6 nitrogen and oxygen atoms in total. The molecule has 0 aliphatic carbocycles. The van der Waals surface area contributed by atoms with Crippen LogP contribution in [-0.2, 0) is 0 Å². The van der Waals surface area contributed by atoms with Crippen LogP contribution in [0.1, 0.15) is 34.8 Å². The number of hydrogen-bond donors (Lipinski definition) is 3. The summed E-state index contributed by atoms with van der Waals surface area (Å²) in [5.41, 5.74) is 9.27. The summed E-state index contributed by atoms with van der Waals surface area (Å²) in [5, 5.41) is 2.86. The van der Waals surface area contributed by atoms with E-state index in [0.29, 0.717) is 22.8 Å². The van der Waals surface area contributed by atoms with Gasteiger partial charge in [-0.15, -0.1) is 0 Å². The summed E-state index contributed by atoms with van der Waals surface area (Å²) < 4.78 is 0. The van der Waals surface area contributed by atoms with E-state index in [1.165, 1.54) is 6.07 Å². The van der Waals surface area contributed by atoms with Crippen molar-refractivity contribution in [2.75, 3.05) is 5.73 Å². The second-order valence-corrected chi connectivity index (χ2v) is 6.15. The molecule has 2 aromatic carbocycles. The van der Waals surface area contributed by atoms with Gasteiger partial charge in [-0.1, -0.05) is 24.3 Å². The lowest BCUT2D eigenvalue weighted by Crippen LogP contribution is -2.28. The average Bonchev–Trinajstić information content (AvgIpc) is 2.61. The Morgan fingerprint density at radius 2 is 1.65 bits per heavy atom. The maximum Gasteiger partial charge on any atom is 0.251 e. The molecule has 1 atom stereocenters. The van der Waals surface area contributed by atoms with E-state index in [1.54, 1.807) is 26.0 Å². The number of aryl methyl sites for hydroxylation is 1. The van der Waals surface area contributed by atoms with E-state index < -0.39 is 0 Å². The van der Waals surface area contributed by atoms with Crippen LogP contribution in [0.4, 0.5) is 5.69 Å². The molecule has 3 rings (SSSR count). The van der Waals surface area contributed by atoms with Crippen molar-refractivity contribution in [1.82, 2.24) is 15.3 Å². The molecule has 0 aliphatic rings. The van der Waals surface area contributed by atoms with Crippen molar-refractivity contribution in [2.45, 2.75) is 19.9 Å². The minimum Gasteiger partial charge on any atom is -0.399 e. The Morgan fingerprint density at radius 1 is 1.08 bits per heavy atom. The molecule has 6 heteroatoms. The van der Waals surface area contributed by atoms with Crippen molar-refractivity contribution in [1.29, 1.82) is 0 Å². The first-order valence-corrected chi connectivity index (χ1v) is 8.27. The Hall–Kier alpha value is -3.41. The zero-order chi connectivity index (χ0) is 18.7. The number of aromatic nitrogens is 2. The second kappa shape index (κ2) is 7.23. The molecule has 0 fully saturated rings. The van der Waals surface area contributed by atoms with Gasteiger partial charge >= 0.3 is 0 Å². The first-order valence-electron chi connectivity index (χ1n) is 8.27. The van der Waals surface area contributed by atoms with E-state index in [1.807, 2.05) is 36.4 Å². The minimum absolute atomic E-state index is 0.221. The lowest BCUT2D eigenvalue weighted by Gasteiger charge is -2.14. The Kier molecular flexibility index (Phi) is 4.84. The molecule has 4 N–H and O–H groups in total. The molecule has 1 heterocycles. The van der Waals surface area contributed by atoms with Gasteiger partial charge in [-0.3, -0.25) is 9.59 Å². The summed E-state index contributed by atoms with van der Waals surface area (Å²) >= 11 is 0. The van der Waals surface area contributed by atoms with Crippen LogP contribution in [0.15, 0.2) is 59.4 Å². The van der Waals surface area contributed by atoms with E-state index >= 15 is 0 Å². The van der Waals surface area contributed by atoms with Crippen molar-refractivity contribution < 1.29 is 4.79 Å². The summed E-state index contributed by atoms with van der Waals surface area (Å²) in [6, 6.07) is 15.9. The summed E-state index contributed by atoms with van der Waals surface area (Å²) in [6.45, 7) is 3.50. The third-order valence-electron chi connectivity index (χ3n) is 4.06. The summed E-state index contributed by atoms with van der Waals surface area (Å²) in [5.74, 6) is 0.294. The lowest BCUT2D eigenvalue weighted by atomic mass is 10.0. The summed E-state index contributed by atoms with van der Waals surface area (Å²) in [7, 11) is 0. The zero-order valence-corrected chi connectivity index (χ0v) is 14.6. The van der Waals surface area contributed by atoms with E-state index in [4.69, 9.17) is 5.73 Å². The smallest absolute Gasteiger partial charge is 0.251 e. The van der Waals surface area contributed by atoms with Crippen LogP contribution in [0.25, 0.3) is 11.1 Å². The number of amides is 1. The van der Waals surface area contributed by atoms with Crippen LogP contribution >= 0.6 is 0 Å². The highest BCUT2D eigenvalue weighted by molar-refractivity contribution is 5.94. The van der Waals surface area contributed by atoms with E-state index in [-0.39, 0.29) is 17.5 Å². The summed E-state index contributed by atoms with van der Waals surface area (Å²) in [6.07, 6.45) is 0. The first kappa shape index (κ1) is 17.4. The number of nitrogens with zero attached hydrogens (tertiary/aromatic N) is 1. The Balaban J connectivity index is 1.73. The topological polar surface area (TPSA) is 101 Å². The third kappa shape index (κ3) is 3.97. The molecule has 1 aromatic heterocycles. The normalized spacial score (nSPS) is 11.8. The van der Waals surface area contributed by atoms with Crippen molar-refractivity contribution in [3.63, 3.8) is 0 Å². The fraction of sp³-hybridized carbons (Fsp3) is 0.150. The third-order valence-corrected chi connectivity index (χ3v) is 4.06. The molecule has 0 bridgehead atoms. The van der Waals surface area contributed by atoms with Crippen LogP contribution in [0.5, 0.6) is 0 Å². The molecular formula is C20H20N4O2. The van der Waals surface area contributed by atoms with Gasteiger partial charge in [-0.2, -0.15) is 0 Å². The molecule has 0 saturated carbocycles. The Labute approximate surface area is 151 Å². The Morgan fingerprint density at radius 3 is 2.23 bits per heavy atom. The summed E-state index contributed by atoms with van der Waals surface area (Å²) in [4.78, 5) is 30.8. The van der Waals surface area contributed by atoms with Gasteiger partial charge in [-0.05, 0) is 49.2 Å². The predicted molar refractivity (Wildman–Crippen MR) is 102 cm³/mol. The molecule has 0 radical (unpaired) electrons. The second-order valence-electron chi connectivity index (χ2n) is 6.15. The predicted octanol–water partition coefficient (Wildman–Crippen LogP) is 2.82. The highest BCUT2D eigenvalue weighted by Crippen LogP contribution is 2.21. The highest BCUT2D eigenvalue weighted by Gasteiger charge is 2.13. The van der Waals surface area contributed by atoms with Gasteiger partial charge in [0.15, 0.2) is 0 Å². The van der Waals surface area contributed by atoms with E-state index in [9.17, 15) is 9.59 Å². The average molecular weight is 348 g/mol. The number of nitrogens with two attached hydrogens (primary N) is 1. The number of hydrogen-bond acceptors (Lipinski definition) is 4. The van der Waals surface area contributed by atoms with Crippen LogP contribution in [0.3, 0.4) is 0 Å². The van der Waals surface area contributed by atoms with Gasteiger partial charge in [0, 0.05) is 17.3 Å². The quantitative estimate of drug-likeness (QED) is 0.631. The number of nitrogens with one attached hydrogen (secondary N) is 2. The first-order chi connectivity index (χ1) is 12.4. The Bertz CT molecular complexity index is 976. The number of H-pyrrole nitrogens is 1. The van der Waals surface area contributed by atoms with Crippen LogP contribution in [0, 0.1) is 6.92 Å². The number of carbonyl (C=O) groups excluding carboxylic acids is 1. The largest absolute Gasteiger partial charge is 0.399 e. The van der Waals surface area contributed by atoms with Crippen LogP contribution in [-0.4, -0.2) is 15.9 Å². The number of benzene rings is 2. The number of aromatic amines is 1. The molecule has 1 amide bonds. The standard InChI is InChI=1S/C20H20N4O2/c1-12(18-11-19(25)24-13(2)23-18)22-20(26)16-5-3-14(4-6-16)15-7-9-17(21)10-8-15/h3-12H,21H2,1-2H3,(H,22,26)(H,23,24,25)/t12-/m0/s1. The molecular weight excluding hydrogens is 328 g/mol. The lowest BCUT2D eigenvalue weighted by molar-refractivity contribution is 0.0939. The van der Waals surface area contributed by atoms with Crippen molar-refractivity contribution in [2.24, 2.45) is 0 Å². The number of nitrogen functional groups attached to an aromatic ring is 1. The van der Waals surface area contributed by atoms with E-state index in [0.717, 1.165) is 11.1 Å². The number of carbonyl (C=O) groups is 1. The number of anilines is 1. The van der Waals surface area contributed by atoms with Gasteiger partial charge in [0.2, 0.25) is 0 Å². The van der Waals surface area contributed by atoms with Crippen LogP contribution in [0.2, 0.25) is 0 Å². The maximum absolute atomic E-state index is 12.4. The van der Waals surface area contributed by atoms with Gasteiger partial charge in [-0.25, -0.2) is 4.98 Å². The monoisotopic (exact) mass is 348 g/mol. The van der Waals surface area contributed by atoms with Crippen molar-refractivity contribution in [3.05, 3.63) is 82.0 Å². The molecule has 26 heavy (non-hydrogen) atoms. The number of rotatable bonds is 4. The molecule has 3 aromatic rings. The molecule has 0 unspecified atom stereocenters. The van der Waals surface area contributed by atoms with Crippen molar-refractivity contribution in [3.8, 4) is 11.1 Å². The molecule has 0 saturated heterocycles. The van der Waals surface area contributed by atoms with E-state index in [2.05, 4.69) is 15.3 Å². The SMILES string of the molecule is Cc1nc([C@H](C)NC(=O)c2ccc(-c3ccc(N)cc3)cc2)cc(=O)[nH]1.